The third kappa shape index (κ3) is 2.53. The molecule has 1 aromatic rings. The number of rotatable bonds is 2. The summed E-state index contributed by atoms with van der Waals surface area (Å²) in [6, 6.07) is 7.06. The van der Waals surface area contributed by atoms with E-state index in [2.05, 4.69) is 11.4 Å². The van der Waals surface area contributed by atoms with E-state index in [-0.39, 0.29) is 16.2 Å². The van der Waals surface area contributed by atoms with Gasteiger partial charge in [-0.15, -0.1) is 11.6 Å². The van der Waals surface area contributed by atoms with Gasteiger partial charge in [0.2, 0.25) is 5.91 Å². The Morgan fingerprint density at radius 3 is 2.57 bits per heavy atom. The summed E-state index contributed by atoms with van der Waals surface area (Å²) >= 11 is 12.8. The molecule has 4 aliphatic carbocycles. The summed E-state index contributed by atoms with van der Waals surface area (Å²) in [5.41, 5.74) is 0.568. The van der Waals surface area contributed by atoms with Gasteiger partial charge in [-0.25, -0.2) is 0 Å². The van der Waals surface area contributed by atoms with E-state index in [1.165, 1.54) is 6.42 Å². The molecule has 3 nitrogen and oxygen atoms in total. The van der Waals surface area contributed by atoms with E-state index in [1.807, 2.05) is 0 Å². The number of hydrogen-bond donors (Lipinski definition) is 1. The second-order valence-electron chi connectivity index (χ2n) is 7.65. The van der Waals surface area contributed by atoms with Crippen LogP contribution in [0.15, 0.2) is 18.2 Å². The maximum atomic E-state index is 13.1. The van der Waals surface area contributed by atoms with Crippen molar-refractivity contribution in [3.8, 4) is 6.07 Å². The van der Waals surface area contributed by atoms with Crippen LogP contribution in [0.4, 0.5) is 5.69 Å². The van der Waals surface area contributed by atoms with Crippen molar-refractivity contribution in [3.63, 3.8) is 0 Å². The zero-order valence-electron chi connectivity index (χ0n) is 12.7. The van der Waals surface area contributed by atoms with Gasteiger partial charge in [-0.05, 0) is 68.6 Å². The molecule has 0 spiro atoms. The fraction of sp³-hybridized carbons (Fsp3) is 0.556. The van der Waals surface area contributed by atoms with Gasteiger partial charge < -0.3 is 5.32 Å². The summed E-state index contributed by atoms with van der Waals surface area (Å²) in [6.07, 6.45) is 5.90. The average molecular weight is 349 g/mol. The van der Waals surface area contributed by atoms with Crippen LogP contribution in [0.1, 0.15) is 44.1 Å². The fourth-order valence-electron chi connectivity index (χ4n) is 5.39. The van der Waals surface area contributed by atoms with E-state index in [0.29, 0.717) is 28.1 Å². The summed E-state index contributed by atoms with van der Waals surface area (Å²) in [6.45, 7) is 0. The van der Waals surface area contributed by atoms with E-state index in [4.69, 9.17) is 23.2 Å². The highest BCUT2D eigenvalue weighted by molar-refractivity contribution is 6.31. The molecule has 4 fully saturated rings. The van der Waals surface area contributed by atoms with Gasteiger partial charge in [-0.2, -0.15) is 5.26 Å². The first-order valence-corrected chi connectivity index (χ1v) is 8.87. The first-order valence-electron chi connectivity index (χ1n) is 8.11. The predicted molar refractivity (Wildman–Crippen MR) is 90.5 cm³/mol. The number of nitrogens with one attached hydrogen (secondary N) is 1. The molecule has 0 aromatic heterocycles. The van der Waals surface area contributed by atoms with Crippen LogP contribution in [0.2, 0.25) is 5.02 Å². The summed E-state index contributed by atoms with van der Waals surface area (Å²) in [4.78, 5) is 12.9. The van der Waals surface area contributed by atoms with Crippen molar-refractivity contribution >= 4 is 34.8 Å². The first kappa shape index (κ1) is 15.3. The maximum absolute atomic E-state index is 13.1. The van der Waals surface area contributed by atoms with Crippen LogP contribution in [0.5, 0.6) is 0 Å². The Kier molecular flexibility index (Phi) is 3.41. The van der Waals surface area contributed by atoms with Crippen molar-refractivity contribution in [3.05, 3.63) is 28.8 Å². The molecule has 1 N–H and O–H groups in total. The third-order valence-electron chi connectivity index (χ3n) is 5.82. The zero-order chi connectivity index (χ0) is 16.2. The second-order valence-corrected chi connectivity index (χ2v) is 8.89. The Morgan fingerprint density at radius 2 is 1.96 bits per heavy atom. The quantitative estimate of drug-likeness (QED) is 0.785. The molecular formula is C18H18Cl2N2O. The van der Waals surface area contributed by atoms with Crippen LogP contribution in [0.25, 0.3) is 0 Å². The Bertz CT molecular complexity index is 710. The highest BCUT2D eigenvalue weighted by Crippen LogP contribution is 2.64. The zero-order valence-corrected chi connectivity index (χ0v) is 14.3. The van der Waals surface area contributed by atoms with Crippen LogP contribution >= 0.6 is 23.2 Å². The summed E-state index contributed by atoms with van der Waals surface area (Å²) in [5.74, 6) is 1.14. The Labute approximate surface area is 146 Å². The van der Waals surface area contributed by atoms with Gasteiger partial charge in [0.1, 0.15) is 6.07 Å². The number of nitriles is 1. The number of nitrogens with zero attached hydrogens (tertiary/aromatic N) is 1. The van der Waals surface area contributed by atoms with Crippen molar-refractivity contribution in [2.75, 3.05) is 5.32 Å². The van der Waals surface area contributed by atoms with Crippen LogP contribution < -0.4 is 5.32 Å². The SMILES string of the molecule is N#Cc1ccc(Cl)cc1NC(=O)C12C[C@@H]3C[C@@H](CC(Cl)(C3)C1)C2. The minimum absolute atomic E-state index is 0.00962. The normalized spacial score (nSPS) is 37.4. The standard InChI is InChI=1S/C18H18Cl2N2O/c19-14-2-1-13(9-21)15(4-14)22-16(23)17-5-11-3-12(6-17)8-18(20,7-11)10-17/h1-2,4,11-12H,3,5-8,10H2,(H,22,23)/t11-,12+,17?,18?. The summed E-state index contributed by atoms with van der Waals surface area (Å²) in [7, 11) is 0. The molecule has 2 unspecified atom stereocenters. The van der Waals surface area contributed by atoms with Gasteiger partial charge in [0.15, 0.2) is 0 Å². The van der Waals surface area contributed by atoms with Crippen molar-refractivity contribution < 1.29 is 4.79 Å². The lowest BCUT2D eigenvalue weighted by atomic mass is 9.49. The molecule has 0 saturated heterocycles. The first-order chi connectivity index (χ1) is 10.9. The lowest BCUT2D eigenvalue weighted by Gasteiger charge is -2.59. The number of hydrogen-bond acceptors (Lipinski definition) is 2. The molecule has 4 bridgehead atoms. The number of amides is 1. The van der Waals surface area contributed by atoms with Crippen LogP contribution in [-0.4, -0.2) is 10.8 Å². The molecule has 0 aliphatic heterocycles. The number of carbonyl (C=O) groups is 1. The number of benzene rings is 1. The van der Waals surface area contributed by atoms with E-state index in [0.717, 1.165) is 32.1 Å². The van der Waals surface area contributed by atoms with Gasteiger partial charge in [-0.3, -0.25) is 4.79 Å². The lowest BCUT2D eigenvalue weighted by molar-refractivity contribution is -0.138. The van der Waals surface area contributed by atoms with Gasteiger partial charge in [0.05, 0.1) is 16.7 Å². The number of alkyl halides is 1. The number of carbonyl (C=O) groups excluding carboxylic acids is 1. The monoisotopic (exact) mass is 348 g/mol. The second kappa shape index (κ2) is 5.13. The maximum Gasteiger partial charge on any atom is 0.230 e. The van der Waals surface area contributed by atoms with Crippen LogP contribution in [0.3, 0.4) is 0 Å². The molecule has 1 amide bonds. The van der Waals surface area contributed by atoms with Crippen molar-refractivity contribution in [1.82, 2.24) is 0 Å². The molecule has 23 heavy (non-hydrogen) atoms. The van der Waals surface area contributed by atoms with E-state index in [9.17, 15) is 10.1 Å². The van der Waals surface area contributed by atoms with Gasteiger partial charge in [0, 0.05) is 9.90 Å². The minimum Gasteiger partial charge on any atom is -0.324 e. The van der Waals surface area contributed by atoms with Gasteiger partial charge >= 0.3 is 0 Å². The van der Waals surface area contributed by atoms with Crippen LogP contribution in [0, 0.1) is 28.6 Å². The molecule has 1 aromatic carbocycles. The molecule has 5 heteroatoms. The van der Waals surface area contributed by atoms with E-state index < -0.39 is 0 Å². The van der Waals surface area contributed by atoms with E-state index >= 15 is 0 Å². The topological polar surface area (TPSA) is 52.9 Å². The third-order valence-corrected chi connectivity index (χ3v) is 6.50. The molecule has 4 saturated carbocycles. The Balaban J connectivity index is 1.63. The Morgan fingerprint density at radius 1 is 1.26 bits per heavy atom. The van der Waals surface area contributed by atoms with E-state index in [1.54, 1.807) is 18.2 Å². The molecule has 4 aliphatic rings. The van der Waals surface area contributed by atoms with Gasteiger partial charge in [0.25, 0.3) is 0 Å². The average Bonchev–Trinajstić information content (AvgIpc) is 2.45. The minimum atomic E-state index is -0.374. The fourth-order valence-corrected chi connectivity index (χ4v) is 6.25. The lowest BCUT2D eigenvalue weighted by Crippen LogP contribution is -2.57. The highest BCUT2D eigenvalue weighted by atomic mass is 35.5. The molecular weight excluding hydrogens is 331 g/mol. The van der Waals surface area contributed by atoms with Crippen LogP contribution in [-0.2, 0) is 4.79 Å². The molecule has 0 heterocycles. The number of halogens is 2. The number of anilines is 1. The van der Waals surface area contributed by atoms with Crippen molar-refractivity contribution in [1.29, 1.82) is 5.26 Å². The molecule has 120 valence electrons. The predicted octanol–water partition coefficient (Wildman–Crippen LogP) is 4.73. The highest BCUT2D eigenvalue weighted by Gasteiger charge is 2.60. The van der Waals surface area contributed by atoms with Crippen molar-refractivity contribution in [2.24, 2.45) is 17.3 Å². The van der Waals surface area contributed by atoms with Crippen molar-refractivity contribution in [2.45, 2.75) is 43.4 Å². The molecule has 0 radical (unpaired) electrons. The molecule has 4 atom stereocenters. The van der Waals surface area contributed by atoms with Gasteiger partial charge in [-0.1, -0.05) is 11.6 Å². The summed E-state index contributed by atoms with van der Waals surface area (Å²) in [5, 5.41) is 12.7. The smallest absolute Gasteiger partial charge is 0.230 e. The largest absolute Gasteiger partial charge is 0.324 e. The Hall–Kier alpha value is -1.24. The summed E-state index contributed by atoms with van der Waals surface area (Å²) < 4.78 is 0. The molecule has 5 rings (SSSR count).